The van der Waals surface area contributed by atoms with Crippen molar-refractivity contribution in [3.8, 4) is 6.07 Å². The third kappa shape index (κ3) is 5.58. The molecule has 1 fully saturated rings. The van der Waals surface area contributed by atoms with Crippen molar-refractivity contribution in [1.82, 2.24) is 20.2 Å². The van der Waals surface area contributed by atoms with Crippen LogP contribution in [-0.2, 0) is 0 Å². The van der Waals surface area contributed by atoms with E-state index >= 15 is 0 Å². The molecule has 6 nitrogen and oxygen atoms in total. The van der Waals surface area contributed by atoms with Crippen LogP contribution in [0.25, 0.3) is 0 Å². The van der Waals surface area contributed by atoms with Gasteiger partial charge >= 0.3 is 0 Å². The summed E-state index contributed by atoms with van der Waals surface area (Å²) < 4.78 is 0. The number of rotatable bonds is 6. The zero-order valence-electron chi connectivity index (χ0n) is 13.2. The predicted molar refractivity (Wildman–Crippen MR) is 92.3 cm³/mol. The molecule has 0 saturated carbocycles. The van der Waals surface area contributed by atoms with Crippen LogP contribution < -0.4 is 5.32 Å². The number of nitrogens with one attached hydrogen (secondary N) is 2. The molecule has 1 aromatic rings. The van der Waals surface area contributed by atoms with E-state index in [2.05, 4.69) is 26.3 Å². The minimum absolute atomic E-state index is 0.159. The lowest BCUT2D eigenvalue weighted by Gasteiger charge is -2.26. The first kappa shape index (κ1) is 17.3. The van der Waals surface area contributed by atoms with E-state index in [-0.39, 0.29) is 17.4 Å². The number of aromatic amines is 1. The molecule has 1 aromatic heterocycles. The number of amides is 1. The molecule has 0 unspecified atom stereocenters. The summed E-state index contributed by atoms with van der Waals surface area (Å²) in [4.78, 5) is 20.8. The maximum atomic E-state index is 11.8. The van der Waals surface area contributed by atoms with Gasteiger partial charge in [0.15, 0.2) is 11.5 Å². The van der Waals surface area contributed by atoms with Crippen molar-refractivity contribution in [3.05, 3.63) is 41.5 Å². The molecule has 0 atom stereocenters. The standard InChI is InChI=1S/C16H21N5OS/c1-2-13(12-21-6-8-23-9-7-21)4-3-5-18-16(22)15-19-11-14(10-17)20-15/h2-4,11H,5-9,12H2,1H3,(H,18,22)(H,19,20)/b4-3-,13-2+. The number of thioether (sulfide) groups is 1. The zero-order valence-corrected chi connectivity index (χ0v) is 14.0. The highest BCUT2D eigenvalue weighted by Gasteiger charge is 2.11. The molecule has 1 amide bonds. The van der Waals surface area contributed by atoms with Gasteiger partial charge in [-0.3, -0.25) is 9.69 Å². The highest BCUT2D eigenvalue weighted by molar-refractivity contribution is 7.99. The first-order valence-electron chi connectivity index (χ1n) is 7.58. The normalized spacial score (nSPS) is 16.4. The smallest absolute Gasteiger partial charge is 0.287 e. The second-order valence-electron chi connectivity index (χ2n) is 5.11. The first-order valence-corrected chi connectivity index (χ1v) is 8.74. The molecule has 1 saturated heterocycles. The largest absolute Gasteiger partial charge is 0.346 e. The SMILES string of the molecule is C/C=C(\C=C/CNC(=O)c1nc(C#N)c[nH]1)CN1CCSCC1. The molecule has 0 bridgehead atoms. The van der Waals surface area contributed by atoms with Crippen molar-refractivity contribution in [2.24, 2.45) is 0 Å². The van der Waals surface area contributed by atoms with Gasteiger partial charge in [-0.05, 0) is 12.5 Å². The van der Waals surface area contributed by atoms with Gasteiger partial charge in [-0.1, -0.05) is 18.2 Å². The molecule has 1 aliphatic rings. The molecular weight excluding hydrogens is 310 g/mol. The number of allylic oxidation sites excluding steroid dienone is 1. The summed E-state index contributed by atoms with van der Waals surface area (Å²) in [5.74, 6) is 2.24. The lowest BCUT2D eigenvalue weighted by Crippen LogP contribution is -2.33. The summed E-state index contributed by atoms with van der Waals surface area (Å²) in [5.41, 5.74) is 1.46. The molecule has 122 valence electrons. The fourth-order valence-corrected chi connectivity index (χ4v) is 3.18. The van der Waals surface area contributed by atoms with Gasteiger partial charge in [0.1, 0.15) is 6.07 Å². The fraction of sp³-hybridized carbons (Fsp3) is 0.438. The Morgan fingerprint density at radius 1 is 1.57 bits per heavy atom. The van der Waals surface area contributed by atoms with Crippen LogP contribution in [0.5, 0.6) is 0 Å². The second kappa shape index (κ2) is 9.18. The third-order valence-corrected chi connectivity index (χ3v) is 4.44. The number of hydrogen-bond acceptors (Lipinski definition) is 5. The van der Waals surface area contributed by atoms with E-state index in [1.54, 1.807) is 0 Å². The van der Waals surface area contributed by atoms with E-state index in [1.807, 2.05) is 36.9 Å². The Morgan fingerprint density at radius 3 is 3.00 bits per heavy atom. The lowest BCUT2D eigenvalue weighted by molar-refractivity contribution is 0.0948. The summed E-state index contributed by atoms with van der Waals surface area (Å²) >= 11 is 2.00. The van der Waals surface area contributed by atoms with Gasteiger partial charge < -0.3 is 10.3 Å². The van der Waals surface area contributed by atoms with Gasteiger partial charge in [-0.25, -0.2) is 4.98 Å². The monoisotopic (exact) mass is 331 g/mol. The van der Waals surface area contributed by atoms with E-state index in [0.29, 0.717) is 6.54 Å². The Bertz CT molecular complexity index is 623. The van der Waals surface area contributed by atoms with Crippen LogP contribution in [0.4, 0.5) is 0 Å². The molecule has 0 aliphatic carbocycles. The number of hydrogen-bond donors (Lipinski definition) is 2. The Balaban J connectivity index is 1.76. The molecule has 7 heteroatoms. The second-order valence-corrected chi connectivity index (χ2v) is 6.34. The van der Waals surface area contributed by atoms with Crippen molar-refractivity contribution in [3.63, 3.8) is 0 Å². The molecule has 2 N–H and O–H groups in total. The number of H-pyrrole nitrogens is 1. The Labute approximate surface area is 140 Å². The maximum Gasteiger partial charge on any atom is 0.287 e. The van der Waals surface area contributed by atoms with E-state index in [0.717, 1.165) is 19.6 Å². The van der Waals surface area contributed by atoms with Crippen molar-refractivity contribution in [2.75, 3.05) is 37.7 Å². The Morgan fingerprint density at radius 2 is 2.35 bits per heavy atom. The highest BCUT2D eigenvalue weighted by atomic mass is 32.2. The Kier molecular flexibility index (Phi) is 6.91. The number of nitriles is 1. The van der Waals surface area contributed by atoms with E-state index < -0.39 is 0 Å². The van der Waals surface area contributed by atoms with Crippen LogP contribution in [0.1, 0.15) is 23.2 Å². The quantitative estimate of drug-likeness (QED) is 0.773. The van der Waals surface area contributed by atoms with Gasteiger partial charge in [0.2, 0.25) is 0 Å². The van der Waals surface area contributed by atoms with Crippen molar-refractivity contribution in [2.45, 2.75) is 6.92 Å². The van der Waals surface area contributed by atoms with Crippen LogP contribution in [0.2, 0.25) is 0 Å². The minimum atomic E-state index is -0.314. The summed E-state index contributed by atoms with van der Waals surface area (Å²) in [6, 6.07) is 1.88. The minimum Gasteiger partial charge on any atom is -0.346 e. The van der Waals surface area contributed by atoms with Gasteiger partial charge in [0, 0.05) is 43.9 Å². The van der Waals surface area contributed by atoms with E-state index in [4.69, 9.17) is 5.26 Å². The highest BCUT2D eigenvalue weighted by Crippen LogP contribution is 2.11. The third-order valence-electron chi connectivity index (χ3n) is 3.50. The van der Waals surface area contributed by atoms with Crippen molar-refractivity contribution < 1.29 is 4.79 Å². The molecule has 1 aliphatic heterocycles. The zero-order chi connectivity index (χ0) is 16.5. The van der Waals surface area contributed by atoms with E-state index in [1.165, 1.54) is 23.3 Å². The van der Waals surface area contributed by atoms with Crippen LogP contribution in [0.3, 0.4) is 0 Å². The molecule has 0 radical (unpaired) electrons. The molecule has 0 spiro atoms. The number of nitrogens with zero attached hydrogens (tertiary/aromatic N) is 3. The van der Waals surface area contributed by atoms with Crippen LogP contribution in [0.15, 0.2) is 30.0 Å². The predicted octanol–water partition coefficient (Wildman–Crippen LogP) is 1.56. The number of aromatic nitrogens is 2. The first-order chi connectivity index (χ1) is 11.2. The Hall–Kier alpha value is -2.04. The van der Waals surface area contributed by atoms with Crippen LogP contribution >= 0.6 is 11.8 Å². The maximum absolute atomic E-state index is 11.8. The summed E-state index contributed by atoms with van der Waals surface area (Å²) in [7, 11) is 0. The molecule has 0 aromatic carbocycles. The average molecular weight is 331 g/mol. The van der Waals surface area contributed by atoms with Gasteiger partial charge in [-0.15, -0.1) is 0 Å². The molecule has 23 heavy (non-hydrogen) atoms. The summed E-state index contributed by atoms with van der Waals surface area (Å²) in [6.45, 7) is 5.67. The van der Waals surface area contributed by atoms with Gasteiger partial charge in [0.25, 0.3) is 5.91 Å². The molecular formula is C16H21N5OS. The van der Waals surface area contributed by atoms with E-state index in [9.17, 15) is 4.79 Å². The van der Waals surface area contributed by atoms with Gasteiger partial charge in [0.05, 0.1) is 0 Å². The van der Waals surface area contributed by atoms with Crippen molar-refractivity contribution in [1.29, 1.82) is 5.26 Å². The number of imidazole rings is 1. The topological polar surface area (TPSA) is 84.8 Å². The van der Waals surface area contributed by atoms with Gasteiger partial charge in [-0.2, -0.15) is 17.0 Å². The fourth-order valence-electron chi connectivity index (χ4n) is 2.20. The van der Waals surface area contributed by atoms with Crippen molar-refractivity contribution >= 4 is 17.7 Å². The number of carbonyl (C=O) groups is 1. The summed E-state index contributed by atoms with van der Waals surface area (Å²) in [6.07, 6.45) is 7.50. The molecule has 2 rings (SSSR count). The average Bonchev–Trinajstić information content (AvgIpc) is 3.07. The summed E-state index contributed by atoms with van der Waals surface area (Å²) in [5, 5.41) is 11.4. The molecule has 2 heterocycles. The van der Waals surface area contributed by atoms with Crippen LogP contribution in [0, 0.1) is 11.3 Å². The lowest BCUT2D eigenvalue weighted by atomic mass is 10.2. The number of carbonyl (C=O) groups excluding carboxylic acids is 1. The van der Waals surface area contributed by atoms with Crippen LogP contribution in [-0.4, -0.2) is 58.5 Å².